The number of benzene rings is 1. The Bertz CT molecular complexity index is 681. The number of furan rings is 1. The van der Waals surface area contributed by atoms with E-state index in [9.17, 15) is 14.0 Å². The van der Waals surface area contributed by atoms with Crippen LogP contribution >= 0.6 is 0 Å². The lowest BCUT2D eigenvalue weighted by atomic mass is 10.1. The number of aryl methyl sites for hydroxylation is 1. The fraction of sp³-hybridized carbons (Fsp3) is 0.294. The van der Waals surface area contributed by atoms with Crippen molar-refractivity contribution < 1.29 is 23.5 Å². The Morgan fingerprint density at radius 2 is 1.91 bits per heavy atom. The average molecular weight is 319 g/mol. The summed E-state index contributed by atoms with van der Waals surface area (Å²) < 4.78 is 19.2. The van der Waals surface area contributed by atoms with Gasteiger partial charge in [-0.1, -0.05) is 12.1 Å². The van der Waals surface area contributed by atoms with E-state index in [0.717, 1.165) is 0 Å². The van der Waals surface area contributed by atoms with Crippen molar-refractivity contribution in [2.45, 2.75) is 25.7 Å². The largest absolute Gasteiger partial charge is 0.481 e. The molecule has 5 nitrogen and oxygen atoms in total. The van der Waals surface area contributed by atoms with E-state index in [0.29, 0.717) is 36.5 Å². The van der Waals surface area contributed by atoms with Crippen LogP contribution in [0.2, 0.25) is 0 Å². The first-order valence-electron chi connectivity index (χ1n) is 7.38. The first kappa shape index (κ1) is 16.7. The molecule has 0 saturated heterocycles. The van der Waals surface area contributed by atoms with E-state index in [1.807, 2.05) is 0 Å². The van der Waals surface area contributed by atoms with Gasteiger partial charge in [-0.2, -0.15) is 0 Å². The maximum atomic E-state index is 13.7. The topological polar surface area (TPSA) is 79.5 Å². The number of halogens is 1. The first-order chi connectivity index (χ1) is 11.1. The van der Waals surface area contributed by atoms with Crippen LogP contribution in [0.4, 0.5) is 4.39 Å². The lowest BCUT2D eigenvalue weighted by Crippen LogP contribution is -2.25. The summed E-state index contributed by atoms with van der Waals surface area (Å²) in [6.07, 6.45) is 1.07. The zero-order valence-corrected chi connectivity index (χ0v) is 12.5. The number of aliphatic carboxylic acids is 1. The molecule has 23 heavy (non-hydrogen) atoms. The third-order valence-electron chi connectivity index (χ3n) is 3.29. The maximum absolute atomic E-state index is 13.7. The SMILES string of the molecule is O=C(O)CCCNC(=O)CCc1ccc(-c2ccccc2F)o1. The molecule has 2 rings (SSSR count). The van der Waals surface area contributed by atoms with E-state index in [2.05, 4.69) is 5.32 Å². The van der Waals surface area contributed by atoms with Crippen molar-refractivity contribution in [3.05, 3.63) is 48.0 Å². The van der Waals surface area contributed by atoms with E-state index in [-0.39, 0.29) is 24.6 Å². The molecule has 2 aromatic rings. The van der Waals surface area contributed by atoms with E-state index < -0.39 is 5.97 Å². The van der Waals surface area contributed by atoms with Crippen LogP contribution in [-0.2, 0) is 16.0 Å². The molecule has 0 spiro atoms. The molecule has 0 fully saturated rings. The summed E-state index contributed by atoms with van der Waals surface area (Å²) in [5.41, 5.74) is 0.386. The van der Waals surface area contributed by atoms with Crippen molar-refractivity contribution >= 4 is 11.9 Å². The minimum absolute atomic E-state index is 0.0322. The third kappa shape index (κ3) is 5.25. The highest BCUT2D eigenvalue weighted by Gasteiger charge is 2.10. The molecule has 0 bridgehead atoms. The van der Waals surface area contributed by atoms with Crippen LogP contribution in [-0.4, -0.2) is 23.5 Å². The molecule has 1 heterocycles. The Morgan fingerprint density at radius 1 is 1.13 bits per heavy atom. The molecule has 0 unspecified atom stereocenters. The lowest BCUT2D eigenvalue weighted by Gasteiger charge is -2.03. The van der Waals surface area contributed by atoms with Gasteiger partial charge >= 0.3 is 5.97 Å². The van der Waals surface area contributed by atoms with Crippen molar-refractivity contribution in [3.8, 4) is 11.3 Å². The second-order valence-electron chi connectivity index (χ2n) is 5.09. The van der Waals surface area contributed by atoms with E-state index in [4.69, 9.17) is 9.52 Å². The normalized spacial score (nSPS) is 10.5. The number of carbonyl (C=O) groups excluding carboxylic acids is 1. The zero-order chi connectivity index (χ0) is 16.7. The fourth-order valence-corrected chi connectivity index (χ4v) is 2.11. The van der Waals surface area contributed by atoms with E-state index >= 15 is 0 Å². The molecule has 0 atom stereocenters. The molecule has 0 aliphatic heterocycles. The van der Waals surface area contributed by atoms with Crippen LogP contribution in [0.15, 0.2) is 40.8 Å². The maximum Gasteiger partial charge on any atom is 0.303 e. The van der Waals surface area contributed by atoms with Crippen LogP contribution in [0.5, 0.6) is 0 Å². The highest BCUT2D eigenvalue weighted by molar-refractivity contribution is 5.76. The van der Waals surface area contributed by atoms with Gasteiger partial charge in [0.25, 0.3) is 0 Å². The highest BCUT2D eigenvalue weighted by atomic mass is 19.1. The van der Waals surface area contributed by atoms with Crippen molar-refractivity contribution in [2.75, 3.05) is 6.54 Å². The Kier molecular flexibility index (Phi) is 5.91. The van der Waals surface area contributed by atoms with Crippen LogP contribution in [0.25, 0.3) is 11.3 Å². The summed E-state index contributed by atoms with van der Waals surface area (Å²) in [5, 5.41) is 11.1. The Balaban J connectivity index is 1.80. The smallest absolute Gasteiger partial charge is 0.303 e. The van der Waals surface area contributed by atoms with Gasteiger partial charge < -0.3 is 14.8 Å². The number of nitrogens with one attached hydrogen (secondary N) is 1. The summed E-state index contributed by atoms with van der Waals surface area (Å²) in [6, 6.07) is 9.73. The van der Waals surface area contributed by atoms with Gasteiger partial charge in [0, 0.05) is 25.8 Å². The predicted octanol–water partition coefficient (Wildman–Crippen LogP) is 3.00. The van der Waals surface area contributed by atoms with Gasteiger partial charge in [0.15, 0.2) is 0 Å². The second kappa shape index (κ2) is 8.12. The number of hydrogen-bond acceptors (Lipinski definition) is 3. The summed E-state index contributed by atoms with van der Waals surface area (Å²) in [4.78, 5) is 22.0. The molecular weight excluding hydrogens is 301 g/mol. The highest BCUT2D eigenvalue weighted by Crippen LogP contribution is 2.25. The third-order valence-corrected chi connectivity index (χ3v) is 3.29. The molecule has 2 N–H and O–H groups in total. The van der Waals surface area contributed by atoms with Gasteiger partial charge in [-0.3, -0.25) is 9.59 Å². The van der Waals surface area contributed by atoms with Crippen molar-refractivity contribution in [3.63, 3.8) is 0 Å². The average Bonchev–Trinajstić information content (AvgIpc) is 2.98. The molecule has 0 aliphatic carbocycles. The molecule has 122 valence electrons. The summed E-state index contributed by atoms with van der Waals surface area (Å²) >= 11 is 0. The van der Waals surface area contributed by atoms with Crippen molar-refractivity contribution in [2.24, 2.45) is 0 Å². The summed E-state index contributed by atoms with van der Waals surface area (Å²) in [7, 11) is 0. The zero-order valence-electron chi connectivity index (χ0n) is 12.5. The Hall–Kier alpha value is -2.63. The molecule has 1 amide bonds. The number of rotatable bonds is 8. The molecule has 1 aromatic carbocycles. The fourth-order valence-electron chi connectivity index (χ4n) is 2.11. The van der Waals surface area contributed by atoms with Gasteiger partial charge in [-0.05, 0) is 30.7 Å². The second-order valence-corrected chi connectivity index (χ2v) is 5.09. The number of carboxylic acids is 1. The minimum atomic E-state index is -0.879. The van der Waals surface area contributed by atoms with Crippen LogP contribution in [0.3, 0.4) is 0 Å². The van der Waals surface area contributed by atoms with Crippen LogP contribution < -0.4 is 5.32 Å². The molecule has 0 radical (unpaired) electrons. The molecule has 1 aromatic heterocycles. The van der Waals surface area contributed by atoms with Crippen LogP contribution in [0.1, 0.15) is 25.0 Å². The molecule has 6 heteroatoms. The molecule has 0 aliphatic rings. The van der Waals surface area contributed by atoms with Crippen molar-refractivity contribution in [1.82, 2.24) is 5.32 Å². The van der Waals surface area contributed by atoms with Crippen molar-refractivity contribution in [1.29, 1.82) is 0 Å². The van der Waals surface area contributed by atoms with Gasteiger partial charge in [0.2, 0.25) is 5.91 Å². The predicted molar refractivity (Wildman–Crippen MR) is 82.3 cm³/mol. The monoisotopic (exact) mass is 319 g/mol. The number of carbonyl (C=O) groups is 2. The first-order valence-corrected chi connectivity index (χ1v) is 7.38. The lowest BCUT2D eigenvalue weighted by molar-refractivity contribution is -0.137. The van der Waals surface area contributed by atoms with E-state index in [1.54, 1.807) is 30.3 Å². The summed E-state index contributed by atoms with van der Waals surface area (Å²) in [5.74, 6) is -0.372. The Morgan fingerprint density at radius 3 is 2.65 bits per heavy atom. The standard InChI is InChI=1S/C17H18FNO4/c18-14-5-2-1-4-13(14)15-9-7-12(23-15)8-10-16(20)19-11-3-6-17(21)22/h1-2,4-5,7,9H,3,6,8,10-11H2,(H,19,20)(H,21,22). The summed E-state index contributed by atoms with van der Waals surface area (Å²) in [6.45, 7) is 0.337. The number of hydrogen-bond donors (Lipinski definition) is 2. The van der Waals surface area contributed by atoms with Gasteiger partial charge in [0.05, 0.1) is 5.56 Å². The van der Waals surface area contributed by atoms with E-state index in [1.165, 1.54) is 6.07 Å². The quantitative estimate of drug-likeness (QED) is 0.733. The van der Waals surface area contributed by atoms with Crippen LogP contribution in [0, 0.1) is 5.82 Å². The Labute approximate surface area is 133 Å². The molecule has 0 saturated carbocycles. The van der Waals surface area contributed by atoms with Gasteiger partial charge in [-0.15, -0.1) is 0 Å². The minimum Gasteiger partial charge on any atom is -0.481 e. The van der Waals surface area contributed by atoms with Gasteiger partial charge in [-0.25, -0.2) is 4.39 Å². The number of amides is 1. The molecular formula is C17H18FNO4. The van der Waals surface area contributed by atoms with Gasteiger partial charge in [0.1, 0.15) is 17.3 Å². The number of carboxylic acid groups (broad SMARTS) is 1.